The molecule has 0 aromatic heterocycles. The third-order valence-corrected chi connectivity index (χ3v) is 2.35. The molecule has 0 radical (unpaired) electrons. The third kappa shape index (κ3) is 2.04. The maximum absolute atomic E-state index is 5.73. The number of benzene rings is 1. The van der Waals surface area contributed by atoms with Gasteiger partial charge in [-0.1, -0.05) is 0 Å². The van der Waals surface area contributed by atoms with Crippen molar-refractivity contribution in [2.45, 2.75) is 5.21 Å². The van der Waals surface area contributed by atoms with E-state index in [-0.39, 0.29) is 0 Å². The Morgan fingerprint density at radius 1 is 1.44 bits per heavy atom. The SMILES string of the molecule is Clc1cccc(C[AsH2])c1. The number of hydrogen-bond donors (Lipinski definition) is 0. The molecule has 2 heteroatoms. The predicted octanol–water partition coefficient (Wildman–Crippen LogP) is 1.47. The molecule has 0 aliphatic heterocycles. The molecule has 0 amide bonds. The first-order valence-electron chi connectivity index (χ1n) is 2.77. The summed E-state index contributed by atoms with van der Waals surface area (Å²) >= 11 is 7.44. The van der Waals surface area contributed by atoms with Gasteiger partial charge >= 0.3 is 68.5 Å². The average Bonchev–Trinajstić information content (AvgIpc) is 1.88. The van der Waals surface area contributed by atoms with E-state index in [9.17, 15) is 0 Å². The number of rotatable bonds is 1. The second-order valence-corrected chi connectivity index (χ2v) is 3.13. The van der Waals surface area contributed by atoms with Gasteiger partial charge in [0.2, 0.25) is 0 Å². The first-order chi connectivity index (χ1) is 4.33. The van der Waals surface area contributed by atoms with Gasteiger partial charge in [0.25, 0.3) is 0 Å². The summed E-state index contributed by atoms with van der Waals surface area (Å²) in [4.78, 5) is 0. The summed E-state index contributed by atoms with van der Waals surface area (Å²) in [7, 11) is 0. The van der Waals surface area contributed by atoms with Gasteiger partial charge in [-0.15, -0.1) is 0 Å². The number of hydrogen-bond acceptors (Lipinski definition) is 0. The monoisotopic (exact) mass is 202 g/mol. The Morgan fingerprint density at radius 3 is 2.67 bits per heavy atom. The normalized spacial score (nSPS) is 9.56. The van der Waals surface area contributed by atoms with Crippen molar-refractivity contribution in [2.24, 2.45) is 0 Å². The fraction of sp³-hybridized carbons (Fsp3) is 0.143. The Kier molecular flexibility index (Phi) is 2.62. The first kappa shape index (κ1) is 7.18. The topological polar surface area (TPSA) is 0 Å². The molecule has 1 rings (SSSR count). The van der Waals surface area contributed by atoms with Gasteiger partial charge in [-0.25, -0.2) is 0 Å². The van der Waals surface area contributed by atoms with Crippen molar-refractivity contribution in [3.63, 3.8) is 0 Å². The zero-order chi connectivity index (χ0) is 6.69. The number of halogens is 1. The molecule has 0 aliphatic rings. The van der Waals surface area contributed by atoms with Crippen LogP contribution in [0.15, 0.2) is 24.3 Å². The van der Waals surface area contributed by atoms with Crippen molar-refractivity contribution in [3.05, 3.63) is 34.9 Å². The maximum atomic E-state index is 5.73. The zero-order valence-corrected chi connectivity index (χ0v) is 8.15. The summed E-state index contributed by atoms with van der Waals surface area (Å²) in [6.07, 6.45) is 0. The molecule has 0 saturated heterocycles. The molecule has 1 aromatic rings. The molecule has 0 saturated carbocycles. The van der Waals surface area contributed by atoms with Crippen LogP contribution in [-0.4, -0.2) is 16.9 Å². The summed E-state index contributed by atoms with van der Waals surface area (Å²) in [5.41, 5.74) is 1.32. The molecule has 0 nitrogen and oxygen atoms in total. The van der Waals surface area contributed by atoms with Crippen LogP contribution in [0.5, 0.6) is 0 Å². The van der Waals surface area contributed by atoms with E-state index in [0.717, 1.165) is 10.2 Å². The van der Waals surface area contributed by atoms with Crippen LogP contribution in [0.4, 0.5) is 0 Å². The Hall–Kier alpha value is 0.0684. The van der Waals surface area contributed by atoms with Crippen molar-refractivity contribution in [1.29, 1.82) is 0 Å². The van der Waals surface area contributed by atoms with Gasteiger partial charge in [0, 0.05) is 0 Å². The second-order valence-electron chi connectivity index (χ2n) is 1.83. The fourth-order valence-corrected chi connectivity index (χ4v) is 1.41. The van der Waals surface area contributed by atoms with Gasteiger partial charge in [0.15, 0.2) is 0 Å². The Bertz CT molecular complexity index is 198. The molecule has 0 N–H and O–H groups in total. The predicted molar refractivity (Wildman–Crippen MR) is 43.7 cm³/mol. The van der Waals surface area contributed by atoms with Crippen molar-refractivity contribution in [1.82, 2.24) is 0 Å². The molecule has 0 spiro atoms. The van der Waals surface area contributed by atoms with Crippen LogP contribution in [0.2, 0.25) is 5.02 Å². The Morgan fingerprint density at radius 2 is 2.22 bits per heavy atom. The second kappa shape index (κ2) is 3.29. The van der Waals surface area contributed by atoms with E-state index >= 15 is 0 Å². The Labute approximate surface area is 68.7 Å². The molecule has 48 valence electrons. The average molecular weight is 203 g/mol. The van der Waals surface area contributed by atoms with Crippen molar-refractivity contribution in [2.75, 3.05) is 0 Å². The molecule has 0 heterocycles. The van der Waals surface area contributed by atoms with Crippen LogP contribution in [0.3, 0.4) is 0 Å². The standard InChI is InChI=1S/C7H8AsCl/c8-5-6-2-1-3-7(9)4-6/h1-4H,5,8H2. The molecule has 1 unspecified atom stereocenters. The van der Waals surface area contributed by atoms with Crippen LogP contribution in [-0.2, 0) is 5.21 Å². The summed E-state index contributed by atoms with van der Waals surface area (Å²) in [6.45, 7) is 0. The zero-order valence-electron chi connectivity index (χ0n) is 4.97. The van der Waals surface area contributed by atoms with Gasteiger partial charge in [-0.2, -0.15) is 0 Å². The van der Waals surface area contributed by atoms with Crippen LogP contribution in [0, 0.1) is 0 Å². The van der Waals surface area contributed by atoms with E-state index in [1.807, 2.05) is 18.2 Å². The summed E-state index contributed by atoms with van der Waals surface area (Å²) < 4.78 is 0. The molecular formula is C7H8AsCl. The molecule has 0 fully saturated rings. The molecule has 9 heavy (non-hydrogen) atoms. The van der Waals surface area contributed by atoms with Gasteiger partial charge in [-0.05, 0) is 0 Å². The van der Waals surface area contributed by atoms with E-state index in [1.54, 1.807) is 16.9 Å². The fourth-order valence-electron chi connectivity index (χ4n) is 0.664. The Balaban J connectivity index is 2.94. The summed E-state index contributed by atoms with van der Waals surface area (Å²) in [5, 5.41) is 1.96. The van der Waals surface area contributed by atoms with E-state index in [4.69, 9.17) is 11.6 Å². The third-order valence-electron chi connectivity index (χ3n) is 1.12. The van der Waals surface area contributed by atoms with Crippen molar-refractivity contribution < 1.29 is 0 Å². The molecular weight excluding hydrogens is 194 g/mol. The van der Waals surface area contributed by atoms with E-state index in [2.05, 4.69) is 6.07 Å². The molecule has 1 aromatic carbocycles. The quantitative estimate of drug-likeness (QED) is 0.605. The van der Waals surface area contributed by atoms with E-state index < -0.39 is 0 Å². The van der Waals surface area contributed by atoms with E-state index in [1.165, 1.54) is 5.56 Å². The molecule has 0 bridgehead atoms. The summed E-state index contributed by atoms with van der Waals surface area (Å²) in [5.74, 6) is 0. The summed E-state index contributed by atoms with van der Waals surface area (Å²) in [6, 6.07) is 7.97. The van der Waals surface area contributed by atoms with Crippen LogP contribution in [0.1, 0.15) is 5.56 Å². The minimum absolute atomic E-state index is 0.838. The van der Waals surface area contributed by atoms with E-state index in [0.29, 0.717) is 0 Å². The first-order valence-corrected chi connectivity index (χ1v) is 4.86. The van der Waals surface area contributed by atoms with Gasteiger partial charge < -0.3 is 0 Å². The minimum atomic E-state index is 0.838. The van der Waals surface area contributed by atoms with Crippen LogP contribution >= 0.6 is 11.6 Å². The van der Waals surface area contributed by atoms with Crippen molar-refractivity contribution >= 4 is 28.5 Å². The van der Waals surface area contributed by atoms with Gasteiger partial charge in [0.05, 0.1) is 0 Å². The molecule has 0 aliphatic carbocycles. The van der Waals surface area contributed by atoms with Crippen molar-refractivity contribution in [3.8, 4) is 0 Å². The van der Waals surface area contributed by atoms with Crippen LogP contribution < -0.4 is 0 Å². The molecule has 1 atom stereocenters. The van der Waals surface area contributed by atoms with Gasteiger partial charge in [-0.3, -0.25) is 0 Å². The van der Waals surface area contributed by atoms with Crippen LogP contribution in [0.25, 0.3) is 0 Å². The van der Waals surface area contributed by atoms with Gasteiger partial charge in [0.1, 0.15) is 0 Å².